The lowest BCUT2D eigenvalue weighted by atomic mass is 9.86. The number of aryl methyl sites for hydroxylation is 1. The van der Waals surface area contributed by atoms with Crippen LogP contribution in [0.1, 0.15) is 35.4 Å². The Balaban J connectivity index is 1.40. The molecule has 2 N–H and O–H groups in total. The summed E-state index contributed by atoms with van der Waals surface area (Å²) < 4.78 is 52.0. The minimum Gasteiger partial charge on any atom is -0.399 e. The summed E-state index contributed by atoms with van der Waals surface area (Å²) in [6.07, 6.45) is 2.10. The third kappa shape index (κ3) is 4.69. The molecule has 0 bridgehead atoms. The van der Waals surface area contributed by atoms with Crippen LogP contribution in [-0.4, -0.2) is 26.4 Å². The average Bonchev–Trinajstić information content (AvgIpc) is 2.78. The van der Waals surface area contributed by atoms with Crippen molar-refractivity contribution in [1.82, 2.24) is 4.90 Å². The number of hydrogen-bond acceptors (Lipinski definition) is 4. The van der Waals surface area contributed by atoms with Crippen LogP contribution in [0, 0.1) is 18.6 Å². The monoisotopic (exact) mass is 456 g/mol. The van der Waals surface area contributed by atoms with Crippen LogP contribution in [0.3, 0.4) is 0 Å². The molecule has 0 unspecified atom stereocenters. The van der Waals surface area contributed by atoms with Gasteiger partial charge in [0, 0.05) is 12.2 Å². The Morgan fingerprint density at radius 2 is 1.56 bits per heavy atom. The lowest BCUT2D eigenvalue weighted by Gasteiger charge is -2.33. The number of nitrogens with two attached hydrogens (primary N) is 1. The zero-order valence-electron chi connectivity index (χ0n) is 17.9. The Morgan fingerprint density at radius 3 is 2.22 bits per heavy atom. The molecule has 0 aliphatic carbocycles. The molecule has 0 atom stereocenters. The van der Waals surface area contributed by atoms with Crippen molar-refractivity contribution >= 4 is 15.5 Å². The van der Waals surface area contributed by atoms with E-state index in [1.54, 1.807) is 12.1 Å². The first-order valence-corrected chi connectivity index (χ1v) is 12.1. The van der Waals surface area contributed by atoms with Crippen molar-refractivity contribution in [2.24, 2.45) is 0 Å². The third-order valence-electron chi connectivity index (χ3n) is 6.17. The zero-order valence-corrected chi connectivity index (χ0v) is 18.7. The summed E-state index contributed by atoms with van der Waals surface area (Å²) in [6.45, 7) is 4.76. The molecule has 0 spiro atoms. The standard InChI is InChI=1S/C25H26F2N2O2S/c1-17-2-5-20(28)14-23(17)19-10-12-29(13-11-19)16-18-3-6-21(7-4-18)32(30,31)22-8-9-24(26)25(27)15-22/h2-9,14-15,19H,10-13,16,28H2,1H3. The molecule has 32 heavy (non-hydrogen) atoms. The van der Waals surface area contributed by atoms with Gasteiger partial charge in [-0.15, -0.1) is 0 Å². The number of nitrogen functional groups attached to an aromatic ring is 1. The summed E-state index contributed by atoms with van der Waals surface area (Å²) in [5.74, 6) is -1.76. The maximum absolute atomic E-state index is 13.5. The molecule has 0 radical (unpaired) electrons. The van der Waals surface area contributed by atoms with Gasteiger partial charge >= 0.3 is 0 Å². The molecule has 0 saturated carbocycles. The van der Waals surface area contributed by atoms with Crippen molar-refractivity contribution in [2.45, 2.75) is 42.0 Å². The number of piperidine rings is 1. The van der Waals surface area contributed by atoms with Crippen LogP contribution in [0.5, 0.6) is 0 Å². The second-order valence-corrected chi connectivity index (χ2v) is 10.3. The van der Waals surface area contributed by atoms with Crippen molar-refractivity contribution in [1.29, 1.82) is 0 Å². The normalized spacial score (nSPS) is 15.7. The largest absolute Gasteiger partial charge is 0.399 e. The van der Waals surface area contributed by atoms with E-state index in [1.165, 1.54) is 23.3 Å². The van der Waals surface area contributed by atoms with E-state index in [4.69, 9.17) is 5.73 Å². The summed E-state index contributed by atoms with van der Waals surface area (Å²) in [7, 11) is -3.90. The zero-order chi connectivity index (χ0) is 22.9. The molecule has 168 valence electrons. The number of anilines is 1. The molecule has 1 saturated heterocycles. The highest BCUT2D eigenvalue weighted by Gasteiger charge is 2.23. The van der Waals surface area contributed by atoms with Crippen LogP contribution in [0.15, 0.2) is 70.5 Å². The summed E-state index contributed by atoms with van der Waals surface area (Å²) in [5.41, 5.74) is 10.4. The number of rotatable bonds is 5. The summed E-state index contributed by atoms with van der Waals surface area (Å²) in [4.78, 5) is 2.16. The van der Waals surface area contributed by atoms with Crippen molar-refractivity contribution < 1.29 is 17.2 Å². The Kier molecular flexibility index (Phi) is 6.31. The van der Waals surface area contributed by atoms with Gasteiger partial charge in [-0.05, 0) is 97.9 Å². The molecule has 0 aromatic heterocycles. The second-order valence-electron chi connectivity index (χ2n) is 8.39. The molecule has 3 aromatic carbocycles. The predicted molar refractivity (Wildman–Crippen MR) is 121 cm³/mol. The molecular weight excluding hydrogens is 430 g/mol. The SMILES string of the molecule is Cc1ccc(N)cc1C1CCN(Cc2ccc(S(=O)(=O)c3ccc(F)c(F)c3)cc2)CC1. The summed E-state index contributed by atoms with van der Waals surface area (Å²) >= 11 is 0. The lowest BCUT2D eigenvalue weighted by Crippen LogP contribution is -2.32. The first-order valence-electron chi connectivity index (χ1n) is 10.6. The van der Waals surface area contributed by atoms with E-state index in [2.05, 4.69) is 24.0 Å². The molecule has 1 fully saturated rings. The highest BCUT2D eigenvalue weighted by atomic mass is 32.2. The van der Waals surface area contributed by atoms with E-state index in [-0.39, 0.29) is 9.79 Å². The lowest BCUT2D eigenvalue weighted by molar-refractivity contribution is 0.204. The Morgan fingerprint density at radius 1 is 0.906 bits per heavy atom. The fraction of sp³-hybridized carbons (Fsp3) is 0.280. The summed E-state index contributed by atoms with van der Waals surface area (Å²) in [5, 5.41) is 0. The van der Waals surface area contributed by atoms with E-state index in [1.807, 2.05) is 6.07 Å². The smallest absolute Gasteiger partial charge is 0.206 e. The quantitative estimate of drug-likeness (QED) is 0.430. The second kappa shape index (κ2) is 9.00. The maximum Gasteiger partial charge on any atom is 0.206 e. The number of hydrogen-bond donors (Lipinski definition) is 1. The minimum atomic E-state index is -3.90. The van der Waals surface area contributed by atoms with Gasteiger partial charge in [-0.3, -0.25) is 4.90 Å². The first-order chi connectivity index (χ1) is 15.2. The van der Waals surface area contributed by atoms with Crippen molar-refractivity contribution in [2.75, 3.05) is 18.8 Å². The molecule has 3 aromatic rings. The van der Waals surface area contributed by atoms with E-state index in [0.717, 1.165) is 55.9 Å². The van der Waals surface area contributed by atoms with Gasteiger partial charge in [0.1, 0.15) is 0 Å². The highest BCUT2D eigenvalue weighted by Crippen LogP contribution is 2.32. The van der Waals surface area contributed by atoms with Crippen LogP contribution in [0.4, 0.5) is 14.5 Å². The van der Waals surface area contributed by atoms with Gasteiger partial charge in [0.25, 0.3) is 0 Å². The average molecular weight is 457 g/mol. The maximum atomic E-state index is 13.5. The van der Waals surface area contributed by atoms with Crippen molar-refractivity contribution in [3.05, 3.63) is 89.0 Å². The van der Waals surface area contributed by atoms with Gasteiger partial charge in [-0.1, -0.05) is 18.2 Å². The first kappa shape index (κ1) is 22.4. The van der Waals surface area contributed by atoms with Crippen molar-refractivity contribution in [3.8, 4) is 0 Å². The van der Waals surface area contributed by atoms with E-state index < -0.39 is 21.5 Å². The number of benzene rings is 3. The van der Waals surface area contributed by atoms with E-state index >= 15 is 0 Å². The van der Waals surface area contributed by atoms with Crippen LogP contribution in [-0.2, 0) is 16.4 Å². The molecular formula is C25H26F2N2O2S. The van der Waals surface area contributed by atoms with Crippen LogP contribution in [0.2, 0.25) is 0 Å². The Hall–Kier alpha value is -2.77. The fourth-order valence-electron chi connectivity index (χ4n) is 4.31. The predicted octanol–water partition coefficient (Wildman–Crippen LogP) is 5.07. The van der Waals surface area contributed by atoms with Gasteiger partial charge in [0.2, 0.25) is 9.84 Å². The minimum absolute atomic E-state index is 0.0584. The molecule has 4 nitrogen and oxygen atoms in total. The number of halogens is 2. The fourth-order valence-corrected chi connectivity index (χ4v) is 5.59. The van der Waals surface area contributed by atoms with Gasteiger partial charge in [0.15, 0.2) is 11.6 Å². The molecule has 1 aliphatic rings. The van der Waals surface area contributed by atoms with Crippen molar-refractivity contribution in [3.63, 3.8) is 0 Å². The van der Waals surface area contributed by atoms with Gasteiger partial charge in [-0.25, -0.2) is 17.2 Å². The van der Waals surface area contributed by atoms with Crippen LogP contribution >= 0.6 is 0 Å². The highest BCUT2D eigenvalue weighted by molar-refractivity contribution is 7.91. The molecule has 1 aliphatic heterocycles. The van der Waals surface area contributed by atoms with Gasteiger partial charge in [0.05, 0.1) is 9.79 Å². The number of sulfone groups is 1. The van der Waals surface area contributed by atoms with Crippen LogP contribution in [0.25, 0.3) is 0 Å². The molecule has 1 heterocycles. The van der Waals surface area contributed by atoms with E-state index in [0.29, 0.717) is 12.0 Å². The van der Waals surface area contributed by atoms with E-state index in [9.17, 15) is 17.2 Å². The third-order valence-corrected chi connectivity index (χ3v) is 7.94. The Bertz CT molecular complexity index is 1220. The van der Waals surface area contributed by atoms with Gasteiger partial charge < -0.3 is 5.73 Å². The summed E-state index contributed by atoms with van der Waals surface area (Å²) in [6, 6.07) is 15.3. The van der Waals surface area contributed by atoms with Crippen LogP contribution < -0.4 is 5.73 Å². The topological polar surface area (TPSA) is 63.4 Å². The Labute approximate surface area is 187 Å². The number of nitrogens with zero attached hydrogens (tertiary/aromatic N) is 1. The molecule has 4 rings (SSSR count). The number of likely N-dealkylation sites (tertiary alicyclic amines) is 1. The van der Waals surface area contributed by atoms with Gasteiger partial charge in [-0.2, -0.15) is 0 Å². The molecule has 0 amide bonds. The molecule has 7 heteroatoms.